The lowest BCUT2D eigenvalue weighted by Gasteiger charge is -2.12. The maximum atomic E-state index is 8.99. The number of nitrogens with one attached hydrogen (secondary N) is 1. The van der Waals surface area contributed by atoms with Crippen LogP contribution >= 0.6 is 0 Å². The van der Waals surface area contributed by atoms with Crippen LogP contribution in [-0.2, 0) is 6.54 Å². The highest BCUT2D eigenvalue weighted by molar-refractivity contribution is 5.81. The van der Waals surface area contributed by atoms with Gasteiger partial charge in [0.2, 0.25) is 0 Å². The topological polar surface area (TPSA) is 68.5 Å². The summed E-state index contributed by atoms with van der Waals surface area (Å²) in [4.78, 5) is 4.54. The minimum Gasteiger partial charge on any atom is -0.493 e. The number of hydrogen-bond donors (Lipinski definition) is 2. The van der Waals surface area contributed by atoms with Crippen molar-refractivity contribution in [1.82, 2.24) is 9.55 Å². The number of ether oxygens (including phenoxy) is 2. The summed E-state index contributed by atoms with van der Waals surface area (Å²) in [5.41, 5.74) is 5.12. The fourth-order valence-corrected chi connectivity index (χ4v) is 3.22. The minimum absolute atomic E-state index is 0.0404. The Morgan fingerprint density at radius 1 is 1.00 bits per heavy atom. The van der Waals surface area contributed by atoms with Crippen LogP contribution < -0.4 is 14.8 Å². The molecule has 0 bridgehead atoms. The molecule has 0 aliphatic heterocycles. The van der Waals surface area contributed by atoms with Crippen LogP contribution in [0.2, 0.25) is 0 Å². The molecule has 0 aliphatic rings. The SMILES string of the molecule is COc1ccc(CNc2ccc3c(c2)ncn3-c2ccccc2)cc1OCCO. The molecule has 6 nitrogen and oxygen atoms in total. The monoisotopic (exact) mass is 389 g/mol. The fourth-order valence-electron chi connectivity index (χ4n) is 3.22. The third-order valence-corrected chi connectivity index (χ3v) is 4.66. The number of para-hydroxylation sites is 1. The number of methoxy groups -OCH3 is 1. The Morgan fingerprint density at radius 3 is 2.66 bits per heavy atom. The molecule has 148 valence electrons. The summed E-state index contributed by atoms with van der Waals surface area (Å²) >= 11 is 0. The van der Waals surface area contributed by atoms with Crippen LogP contribution in [0.4, 0.5) is 5.69 Å². The molecule has 0 atom stereocenters. The Morgan fingerprint density at radius 2 is 1.86 bits per heavy atom. The number of aromatic nitrogens is 2. The van der Waals surface area contributed by atoms with E-state index in [1.54, 1.807) is 7.11 Å². The van der Waals surface area contributed by atoms with E-state index in [-0.39, 0.29) is 13.2 Å². The van der Waals surface area contributed by atoms with Gasteiger partial charge >= 0.3 is 0 Å². The van der Waals surface area contributed by atoms with Gasteiger partial charge in [0.25, 0.3) is 0 Å². The predicted octanol–water partition coefficient (Wildman–Crippen LogP) is 4.02. The van der Waals surface area contributed by atoms with Gasteiger partial charge in [-0.05, 0) is 48.0 Å². The Balaban J connectivity index is 1.50. The molecule has 1 aromatic heterocycles. The fraction of sp³-hybridized carbons (Fsp3) is 0.174. The Bertz CT molecular complexity index is 1090. The van der Waals surface area contributed by atoms with Gasteiger partial charge < -0.3 is 19.9 Å². The number of fused-ring (bicyclic) bond motifs is 1. The van der Waals surface area contributed by atoms with E-state index in [1.807, 2.05) is 48.8 Å². The smallest absolute Gasteiger partial charge is 0.161 e. The molecule has 0 radical (unpaired) electrons. The first-order valence-electron chi connectivity index (χ1n) is 9.45. The predicted molar refractivity (Wildman–Crippen MR) is 114 cm³/mol. The van der Waals surface area contributed by atoms with Crippen molar-refractivity contribution in [2.45, 2.75) is 6.54 Å². The lowest BCUT2D eigenvalue weighted by atomic mass is 10.2. The minimum atomic E-state index is -0.0404. The van der Waals surface area contributed by atoms with E-state index in [0.717, 1.165) is 28.0 Å². The van der Waals surface area contributed by atoms with Crippen molar-refractivity contribution >= 4 is 16.7 Å². The standard InChI is InChI=1S/C23H23N3O3/c1-28-22-10-7-17(13-23(22)29-12-11-27)15-24-18-8-9-21-20(14-18)25-16-26(21)19-5-3-2-4-6-19/h2-10,13-14,16,24,27H,11-12,15H2,1H3. The van der Waals surface area contributed by atoms with Crippen LogP contribution in [0, 0.1) is 0 Å². The highest BCUT2D eigenvalue weighted by Crippen LogP contribution is 2.28. The Hall–Kier alpha value is -3.51. The molecule has 0 fully saturated rings. The van der Waals surface area contributed by atoms with Crippen molar-refractivity contribution in [2.75, 3.05) is 25.6 Å². The number of hydrogen-bond acceptors (Lipinski definition) is 5. The van der Waals surface area contributed by atoms with Crippen molar-refractivity contribution in [3.05, 3.63) is 78.6 Å². The van der Waals surface area contributed by atoms with Crippen LogP contribution in [0.15, 0.2) is 73.1 Å². The highest BCUT2D eigenvalue weighted by Gasteiger charge is 2.08. The lowest BCUT2D eigenvalue weighted by molar-refractivity contribution is 0.196. The lowest BCUT2D eigenvalue weighted by Crippen LogP contribution is -2.05. The Labute approximate surface area is 169 Å². The molecule has 1 heterocycles. The van der Waals surface area contributed by atoms with Crippen molar-refractivity contribution in [3.8, 4) is 17.2 Å². The van der Waals surface area contributed by atoms with Gasteiger partial charge in [-0.3, -0.25) is 4.57 Å². The second-order valence-corrected chi connectivity index (χ2v) is 6.56. The van der Waals surface area contributed by atoms with Gasteiger partial charge in [0.1, 0.15) is 12.9 Å². The van der Waals surface area contributed by atoms with Crippen LogP contribution in [0.3, 0.4) is 0 Å². The van der Waals surface area contributed by atoms with E-state index >= 15 is 0 Å². The van der Waals surface area contributed by atoms with Gasteiger partial charge in [-0.25, -0.2) is 4.98 Å². The molecule has 0 saturated heterocycles. The summed E-state index contributed by atoms with van der Waals surface area (Å²) < 4.78 is 12.9. The Kier molecular flexibility index (Phi) is 5.63. The number of nitrogens with zero attached hydrogens (tertiary/aromatic N) is 2. The van der Waals surface area contributed by atoms with E-state index < -0.39 is 0 Å². The molecule has 0 aliphatic carbocycles. The van der Waals surface area contributed by atoms with E-state index in [1.165, 1.54) is 0 Å². The zero-order valence-corrected chi connectivity index (χ0v) is 16.2. The quantitative estimate of drug-likeness (QED) is 0.476. The maximum Gasteiger partial charge on any atom is 0.161 e. The van der Waals surface area contributed by atoms with Gasteiger partial charge in [0.05, 0.1) is 24.8 Å². The molecule has 6 heteroatoms. The van der Waals surface area contributed by atoms with Crippen molar-refractivity contribution in [3.63, 3.8) is 0 Å². The number of imidazole rings is 1. The van der Waals surface area contributed by atoms with Crippen LogP contribution in [0.1, 0.15) is 5.56 Å². The van der Waals surface area contributed by atoms with Crippen LogP contribution in [-0.4, -0.2) is 35.0 Å². The largest absolute Gasteiger partial charge is 0.493 e. The molecule has 3 aromatic carbocycles. The molecule has 29 heavy (non-hydrogen) atoms. The average molecular weight is 389 g/mol. The first-order chi connectivity index (χ1) is 14.3. The molecular formula is C23H23N3O3. The summed E-state index contributed by atoms with van der Waals surface area (Å²) in [5.74, 6) is 1.27. The summed E-state index contributed by atoms with van der Waals surface area (Å²) in [6, 6.07) is 22.1. The first-order valence-corrected chi connectivity index (χ1v) is 9.45. The number of aliphatic hydroxyl groups excluding tert-OH is 1. The summed E-state index contributed by atoms with van der Waals surface area (Å²) in [5, 5.41) is 12.4. The summed E-state index contributed by atoms with van der Waals surface area (Å²) in [7, 11) is 1.60. The van der Waals surface area contributed by atoms with E-state index in [4.69, 9.17) is 14.6 Å². The second-order valence-electron chi connectivity index (χ2n) is 6.56. The molecule has 0 unspecified atom stereocenters. The molecule has 2 N–H and O–H groups in total. The van der Waals surface area contributed by atoms with Crippen molar-refractivity contribution < 1.29 is 14.6 Å². The van der Waals surface area contributed by atoms with E-state index in [9.17, 15) is 0 Å². The number of aliphatic hydroxyl groups is 1. The third-order valence-electron chi connectivity index (χ3n) is 4.66. The molecule has 0 spiro atoms. The highest BCUT2D eigenvalue weighted by atomic mass is 16.5. The van der Waals surface area contributed by atoms with Gasteiger partial charge in [0.15, 0.2) is 11.5 Å². The molecular weight excluding hydrogens is 366 g/mol. The summed E-state index contributed by atoms with van der Waals surface area (Å²) in [6.07, 6.45) is 1.85. The van der Waals surface area contributed by atoms with Crippen molar-refractivity contribution in [1.29, 1.82) is 0 Å². The van der Waals surface area contributed by atoms with Crippen LogP contribution in [0.5, 0.6) is 11.5 Å². The zero-order chi connectivity index (χ0) is 20.1. The number of anilines is 1. The second kappa shape index (κ2) is 8.67. The van der Waals surface area contributed by atoms with E-state index in [0.29, 0.717) is 18.0 Å². The average Bonchev–Trinajstić information content (AvgIpc) is 3.20. The normalized spacial score (nSPS) is 10.8. The van der Waals surface area contributed by atoms with Gasteiger partial charge in [-0.15, -0.1) is 0 Å². The van der Waals surface area contributed by atoms with Gasteiger partial charge in [-0.2, -0.15) is 0 Å². The third kappa shape index (κ3) is 4.17. The van der Waals surface area contributed by atoms with Crippen LogP contribution in [0.25, 0.3) is 16.7 Å². The van der Waals surface area contributed by atoms with Gasteiger partial charge in [-0.1, -0.05) is 24.3 Å². The van der Waals surface area contributed by atoms with Crippen molar-refractivity contribution in [2.24, 2.45) is 0 Å². The molecule has 0 saturated carbocycles. The molecule has 4 aromatic rings. The zero-order valence-electron chi connectivity index (χ0n) is 16.2. The molecule has 4 rings (SSSR count). The molecule has 0 amide bonds. The summed E-state index contributed by atoms with van der Waals surface area (Å²) in [6.45, 7) is 0.819. The number of benzene rings is 3. The van der Waals surface area contributed by atoms with Gasteiger partial charge in [0, 0.05) is 17.9 Å². The first kappa shape index (κ1) is 18.8. The van der Waals surface area contributed by atoms with E-state index in [2.05, 4.69) is 39.1 Å². The maximum absolute atomic E-state index is 8.99. The number of rotatable bonds is 8.